The highest BCUT2D eigenvalue weighted by atomic mass is 79.9. The molecular formula is C99H111Br3. The molecule has 0 aromatic heterocycles. The number of hydrogen-bond acceptors (Lipinski definition) is 0. The number of hydrogen-bond donors (Lipinski definition) is 0. The summed E-state index contributed by atoms with van der Waals surface area (Å²) in [6, 6.07) is 79.6. The average Bonchev–Trinajstić information content (AvgIpc) is 1.48. The Morgan fingerprint density at radius 2 is 0.490 bits per heavy atom. The van der Waals surface area contributed by atoms with E-state index in [4.69, 9.17) is 0 Å². The van der Waals surface area contributed by atoms with Crippen LogP contribution in [0.3, 0.4) is 0 Å². The fraction of sp³-hybridized carbons (Fsp3) is 0.394. The molecule has 0 saturated carbocycles. The summed E-state index contributed by atoms with van der Waals surface area (Å²) in [7, 11) is 0. The van der Waals surface area contributed by atoms with E-state index >= 15 is 0 Å². The molecule has 10 aromatic rings. The van der Waals surface area contributed by atoms with E-state index in [0.717, 1.165) is 39.1 Å². The van der Waals surface area contributed by atoms with Crippen molar-refractivity contribution >= 4 is 47.8 Å². The molecule has 0 spiro atoms. The van der Waals surface area contributed by atoms with Gasteiger partial charge in [0.15, 0.2) is 0 Å². The van der Waals surface area contributed by atoms with Gasteiger partial charge in [-0.2, -0.15) is 0 Å². The lowest BCUT2D eigenvalue weighted by Crippen LogP contribution is -2.31. The average molecular weight is 1540 g/mol. The van der Waals surface area contributed by atoms with Crippen molar-refractivity contribution in [3.8, 4) is 100 Å². The lowest BCUT2D eigenvalue weighted by molar-refractivity contribution is 0.389. The van der Waals surface area contributed by atoms with Gasteiger partial charge in [-0.1, -0.05) is 395 Å². The molecule has 3 heteroatoms. The number of benzene rings is 10. The third-order valence-electron chi connectivity index (χ3n) is 24.3. The second-order valence-corrected chi connectivity index (χ2v) is 33.6. The van der Waals surface area contributed by atoms with Crippen molar-refractivity contribution in [3.05, 3.63) is 247 Å². The molecule has 0 nitrogen and oxygen atoms in total. The molecule has 13 rings (SSSR count). The molecule has 0 heterocycles. The maximum absolute atomic E-state index is 3.75. The molecule has 3 aliphatic rings. The summed E-state index contributed by atoms with van der Waals surface area (Å²) in [5, 5.41) is 0. The lowest BCUT2D eigenvalue weighted by atomic mass is 9.63. The van der Waals surface area contributed by atoms with Gasteiger partial charge in [-0.3, -0.25) is 0 Å². The van der Waals surface area contributed by atoms with Crippen LogP contribution in [-0.2, 0) is 16.2 Å². The Morgan fingerprint density at radius 1 is 0.206 bits per heavy atom. The monoisotopic (exact) mass is 1540 g/mol. The maximum atomic E-state index is 3.75. The minimum absolute atomic E-state index is 0.204. The molecule has 0 radical (unpaired) electrons. The zero-order valence-corrected chi connectivity index (χ0v) is 67.2. The van der Waals surface area contributed by atoms with Crippen LogP contribution in [0.4, 0.5) is 0 Å². The van der Waals surface area contributed by atoms with E-state index in [1.807, 2.05) is 0 Å². The molecule has 102 heavy (non-hydrogen) atoms. The molecule has 528 valence electrons. The summed E-state index contributed by atoms with van der Waals surface area (Å²) in [5.41, 5.74) is 34.5. The highest BCUT2D eigenvalue weighted by Crippen LogP contribution is 2.72. The van der Waals surface area contributed by atoms with Crippen molar-refractivity contribution in [1.29, 1.82) is 0 Å². The predicted molar refractivity (Wildman–Crippen MR) is 453 cm³/mol. The quantitative estimate of drug-likeness (QED) is 0.0343. The lowest BCUT2D eigenvalue weighted by Gasteiger charge is -2.40. The van der Waals surface area contributed by atoms with Gasteiger partial charge in [0.2, 0.25) is 0 Å². The first-order valence-corrected chi connectivity index (χ1v) is 42.7. The fourth-order valence-corrected chi connectivity index (χ4v) is 19.9. The first-order chi connectivity index (χ1) is 50.0. The predicted octanol–water partition coefficient (Wildman–Crippen LogP) is 32.6. The van der Waals surface area contributed by atoms with E-state index in [-0.39, 0.29) is 16.2 Å². The van der Waals surface area contributed by atoms with Crippen LogP contribution in [0.15, 0.2) is 214 Å². The molecule has 3 aliphatic carbocycles. The van der Waals surface area contributed by atoms with Crippen LogP contribution in [0.5, 0.6) is 0 Å². The van der Waals surface area contributed by atoms with Crippen molar-refractivity contribution in [2.24, 2.45) is 0 Å². The molecule has 0 unspecified atom stereocenters. The Kier molecular flexibility index (Phi) is 24.8. The summed E-state index contributed by atoms with van der Waals surface area (Å²) in [5.74, 6) is 0. The number of halogens is 3. The summed E-state index contributed by atoms with van der Waals surface area (Å²) in [6.07, 6.45) is 36.9. The smallest absolute Gasteiger partial charge is 0.0221 e. The van der Waals surface area contributed by atoms with Gasteiger partial charge < -0.3 is 0 Å². The Morgan fingerprint density at radius 3 is 0.863 bits per heavy atom. The van der Waals surface area contributed by atoms with Gasteiger partial charge in [0.1, 0.15) is 0 Å². The molecule has 0 saturated heterocycles. The molecule has 0 N–H and O–H groups in total. The Labute approximate surface area is 640 Å². The van der Waals surface area contributed by atoms with Crippen LogP contribution in [-0.4, -0.2) is 0 Å². The topological polar surface area (TPSA) is 0 Å². The van der Waals surface area contributed by atoms with Gasteiger partial charge in [0.05, 0.1) is 0 Å². The summed E-state index contributed by atoms with van der Waals surface area (Å²) in [4.78, 5) is 0. The van der Waals surface area contributed by atoms with Gasteiger partial charge in [0.25, 0.3) is 0 Å². The van der Waals surface area contributed by atoms with Gasteiger partial charge >= 0.3 is 0 Å². The molecule has 0 bridgehead atoms. The van der Waals surface area contributed by atoms with Crippen molar-refractivity contribution in [1.82, 2.24) is 0 Å². The van der Waals surface area contributed by atoms with Crippen LogP contribution in [0.1, 0.15) is 268 Å². The molecule has 0 fully saturated rings. The van der Waals surface area contributed by atoms with Gasteiger partial charge in [-0.05, 0) is 221 Å². The highest BCUT2D eigenvalue weighted by molar-refractivity contribution is 9.11. The SMILES string of the molecule is CCCCCCC1(CCCCCC)c2cc(-c3ccc(-c4ccc(Br)cc4)cc3)ccc2-c2c1c1c(c3c2C(CCCCCC)(CCCCCC)c2cccc(-c4ccc(-c5ccc(Br)cc5)cc4)c2-3)C(CCCCCC)(CCCCCC)c2ccc(-c3ccc(-c4ccc(Br)cc4)cc3)cc2-1. The third-order valence-corrected chi connectivity index (χ3v) is 25.9. The van der Waals surface area contributed by atoms with Crippen molar-refractivity contribution in [2.75, 3.05) is 0 Å². The molecule has 0 aliphatic heterocycles. The second-order valence-electron chi connectivity index (χ2n) is 30.9. The van der Waals surface area contributed by atoms with Gasteiger partial charge in [0, 0.05) is 29.7 Å². The van der Waals surface area contributed by atoms with Crippen LogP contribution < -0.4 is 0 Å². The molecule has 0 amide bonds. The molecule has 0 atom stereocenters. The van der Waals surface area contributed by atoms with Crippen molar-refractivity contribution < 1.29 is 0 Å². The zero-order chi connectivity index (χ0) is 70.6. The summed E-state index contributed by atoms with van der Waals surface area (Å²) >= 11 is 11.2. The summed E-state index contributed by atoms with van der Waals surface area (Å²) < 4.78 is 3.33. The van der Waals surface area contributed by atoms with Gasteiger partial charge in [-0.15, -0.1) is 0 Å². The molecular weight excluding hydrogens is 1430 g/mol. The number of rotatable bonds is 36. The largest absolute Gasteiger partial charge is 0.0654 e. The first-order valence-electron chi connectivity index (χ1n) is 40.3. The van der Waals surface area contributed by atoms with E-state index in [2.05, 4.69) is 290 Å². The fourth-order valence-electron chi connectivity index (χ4n) is 19.1. The Bertz CT molecular complexity index is 4380. The van der Waals surface area contributed by atoms with Crippen LogP contribution in [0.25, 0.3) is 100 Å². The van der Waals surface area contributed by atoms with E-state index in [1.54, 1.807) is 55.6 Å². The third kappa shape index (κ3) is 15.0. The van der Waals surface area contributed by atoms with Crippen LogP contribution in [0.2, 0.25) is 0 Å². The normalized spacial score (nSPS) is 14.0. The van der Waals surface area contributed by atoms with E-state index in [9.17, 15) is 0 Å². The first kappa shape index (κ1) is 73.9. The second kappa shape index (κ2) is 34.3. The van der Waals surface area contributed by atoms with Crippen molar-refractivity contribution in [2.45, 2.75) is 250 Å². The zero-order valence-electron chi connectivity index (χ0n) is 62.4. The maximum Gasteiger partial charge on any atom is 0.0221 e. The Balaban J connectivity index is 1.19. The number of fused-ring (bicyclic) bond motifs is 12. The minimum atomic E-state index is -0.227. The highest BCUT2D eigenvalue weighted by Gasteiger charge is 2.58. The summed E-state index contributed by atoms with van der Waals surface area (Å²) in [6.45, 7) is 14.5. The van der Waals surface area contributed by atoms with E-state index in [1.165, 1.54) is 245 Å². The number of unbranched alkanes of at least 4 members (excludes halogenated alkanes) is 18. The standard InChI is InChI=1S/C99H111Br3/c1-7-13-19-25-62-97(63-26-20-14-8-2)87-61-53-79(76-38-34-70(35-39-76)73-46-54-81(100)55-47-73)68-86(87)92-94-91(85-60-52-80(77-40-36-71(37-41-77)74-48-56-82(101)57-49-74)69-89(85)99(94,66-29-23-17-11-5)67-30-24-18-12-6)95-93(96(92)97)90-84(78-44-42-72(43-45-78)75-50-58-83(102)59-51-75)32-31-33-88(90)98(95,64-27-21-15-9-3)65-28-22-16-10-4/h31-61,68-69H,7-30,62-67H2,1-6H3. The minimum Gasteiger partial charge on any atom is -0.0654 e. The van der Waals surface area contributed by atoms with Crippen LogP contribution >= 0.6 is 47.8 Å². The van der Waals surface area contributed by atoms with Crippen LogP contribution in [0, 0.1) is 0 Å². The van der Waals surface area contributed by atoms with E-state index < -0.39 is 0 Å². The van der Waals surface area contributed by atoms with Gasteiger partial charge in [-0.25, -0.2) is 0 Å². The van der Waals surface area contributed by atoms with Crippen molar-refractivity contribution in [3.63, 3.8) is 0 Å². The Hall–Kier alpha value is -6.36. The van der Waals surface area contributed by atoms with E-state index in [0.29, 0.717) is 0 Å². The molecule has 10 aromatic carbocycles.